The molecule has 0 saturated carbocycles. The molecule has 176 valence electrons. The van der Waals surface area contributed by atoms with Crippen molar-refractivity contribution in [2.75, 3.05) is 20.8 Å². The molecule has 2 aromatic carbocycles. The Morgan fingerprint density at radius 3 is 2.22 bits per heavy atom. The second kappa shape index (κ2) is 11.2. The van der Waals surface area contributed by atoms with Crippen molar-refractivity contribution in [3.63, 3.8) is 0 Å². The van der Waals surface area contributed by atoms with Gasteiger partial charge in [0.2, 0.25) is 15.9 Å². The van der Waals surface area contributed by atoms with Crippen molar-refractivity contribution in [1.82, 2.24) is 10.0 Å². The molecule has 0 aromatic heterocycles. The van der Waals surface area contributed by atoms with Gasteiger partial charge in [-0.1, -0.05) is 30.3 Å². The van der Waals surface area contributed by atoms with Crippen molar-refractivity contribution in [2.45, 2.75) is 31.3 Å². The molecule has 0 radical (unpaired) electrons. The van der Waals surface area contributed by atoms with Gasteiger partial charge < -0.3 is 14.8 Å². The lowest BCUT2D eigenvalue weighted by atomic mass is 10.1. The highest BCUT2D eigenvalue weighted by molar-refractivity contribution is 7.88. The first kappa shape index (κ1) is 25.5. The molecule has 0 aliphatic carbocycles. The first-order valence-electron chi connectivity index (χ1n) is 9.63. The summed E-state index contributed by atoms with van der Waals surface area (Å²) in [7, 11) is -0.671. The van der Waals surface area contributed by atoms with Gasteiger partial charge in [-0.05, 0) is 42.3 Å². The lowest BCUT2D eigenvalue weighted by Gasteiger charge is -2.13. The topological polar surface area (TPSA) is 93.7 Å². The molecule has 0 aliphatic heterocycles. The number of sulfonamides is 1. The van der Waals surface area contributed by atoms with Crippen LogP contribution in [0.25, 0.3) is 0 Å². The Morgan fingerprint density at radius 1 is 1.00 bits per heavy atom. The van der Waals surface area contributed by atoms with Gasteiger partial charge in [0.25, 0.3) is 0 Å². The van der Waals surface area contributed by atoms with Gasteiger partial charge in [-0.2, -0.15) is 13.2 Å². The predicted octanol–water partition coefficient (Wildman–Crippen LogP) is 2.93. The SMILES string of the molecule is CNS(=O)(=O)Cc1ccc(CNC(=O)CCc2ccc(OCC(F)(F)F)c(OC)c2)cc1. The normalized spacial score (nSPS) is 11.8. The van der Waals surface area contributed by atoms with Gasteiger partial charge in [-0.3, -0.25) is 4.79 Å². The summed E-state index contributed by atoms with van der Waals surface area (Å²) >= 11 is 0. The highest BCUT2D eigenvalue weighted by atomic mass is 32.2. The monoisotopic (exact) mass is 474 g/mol. The molecule has 2 aromatic rings. The van der Waals surface area contributed by atoms with E-state index in [9.17, 15) is 26.4 Å². The first-order valence-corrected chi connectivity index (χ1v) is 11.3. The number of alkyl halides is 3. The molecular formula is C21H25F3N2O5S. The third-order valence-electron chi connectivity index (χ3n) is 4.44. The van der Waals surface area contributed by atoms with Crippen molar-refractivity contribution >= 4 is 15.9 Å². The zero-order chi connectivity index (χ0) is 23.8. The van der Waals surface area contributed by atoms with Crippen LogP contribution in [0.4, 0.5) is 13.2 Å². The third kappa shape index (κ3) is 8.75. The van der Waals surface area contributed by atoms with Gasteiger partial charge in [-0.15, -0.1) is 0 Å². The summed E-state index contributed by atoms with van der Waals surface area (Å²) < 4.78 is 72.2. The summed E-state index contributed by atoms with van der Waals surface area (Å²) in [6.45, 7) is -1.14. The first-order chi connectivity index (χ1) is 15.0. The summed E-state index contributed by atoms with van der Waals surface area (Å²) in [5, 5.41) is 2.77. The smallest absolute Gasteiger partial charge is 0.422 e. The van der Waals surface area contributed by atoms with Crippen LogP contribution in [0.3, 0.4) is 0 Å². The number of methoxy groups -OCH3 is 1. The lowest BCUT2D eigenvalue weighted by Crippen LogP contribution is -2.23. The van der Waals surface area contributed by atoms with Gasteiger partial charge in [0.05, 0.1) is 12.9 Å². The van der Waals surface area contributed by atoms with Crippen molar-refractivity contribution in [3.8, 4) is 11.5 Å². The Morgan fingerprint density at radius 2 is 1.62 bits per heavy atom. The number of hydrogen-bond donors (Lipinski definition) is 2. The molecule has 0 aliphatic rings. The Hall–Kier alpha value is -2.79. The van der Waals surface area contributed by atoms with Crippen molar-refractivity contribution < 1.29 is 35.9 Å². The zero-order valence-corrected chi connectivity index (χ0v) is 18.5. The van der Waals surface area contributed by atoms with Gasteiger partial charge in [0, 0.05) is 13.0 Å². The highest BCUT2D eigenvalue weighted by Crippen LogP contribution is 2.30. The minimum absolute atomic E-state index is 0.0241. The van der Waals surface area contributed by atoms with Crippen LogP contribution >= 0.6 is 0 Å². The van der Waals surface area contributed by atoms with Crippen LogP contribution in [-0.4, -0.2) is 41.3 Å². The number of rotatable bonds is 11. The molecule has 0 bridgehead atoms. The summed E-state index contributed by atoms with van der Waals surface area (Å²) in [6.07, 6.45) is -3.92. The Bertz CT molecular complexity index is 1010. The Kier molecular flexibility index (Phi) is 8.90. The van der Waals surface area contributed by atoms with Gasteiger partial charge in [-0.25, -0.2) is 13.1 Å². The maximum absolute atomic E-state index is 12.3. The predicted molar refractivity (Wildman–Crippen MR) is 113 cm³/mol. The fourth-order valence-electron chi connectivity index (χ4n) is 2.74. The van der Waals surface area contributed by atoms with Crippen LogP contribution in [-0.2, 0) is 33.5 Å². The Labute approximate surface area is 185 Å². The zero-order valence-electron chi connectivity index (χ0n) is 17.7. The van der Waals surface area contributed by atoms with Crippen LogP contribution in [0, 0.1) is 0 Å². The van der Waals surface area contributed by atoms with Gasteiger partial charge >= 0.3 is 6.18 Å². The molecule has 0 spiro atoms. The van der Waals surface area contributed by atoms with E-state index in [0.717, 1.165) is 5.56 Å². The van der Waals surface area contributed by atoms with Crippen LogP contribution in [0.15, 0.2) is 42.5 Å². The second-order valence-corrected chi connectivity index (χ2v) is 8.87. The number of halogens is 3. The van der Waals surface area contributed by atoms with E-state index < -0.39 is 22.8 Å². The summed E-state index contributed by atoms with van der Waals surface area (Å²) in [4.78, 5) is 12.1. The average Bonchev–Trinajstić information content (AvgIpc) is 2.75. The maximum Gasteiger partial charge on any atom is 0.422 e. The molecule has 0 saturated heterocycles. The Balaban J connectivity index is 1.84. The van der Waals surface area contributed by atoms with E-state index in [2.05, 4.69) is 10.0 Å². The van der Waals surface area contributed by atoms with Gasteiger partial charge in [0.1, 0.15) is 0 Å². The molecule has 32 heavy (non-hydrogen) atoms. The van der Waals surface area contributed by atoms with E-state index in [4.69, 9.17) is 9.47 Å². The molecule has 0 heterocycles. The molecule has 0 atom stereocenters. The van der Waals surface area contributed by atoms with Crippen molar-refractivity contribution in [1.29, 1.82) is 0 Å². The number of ether oxygens (including phenoxy) is 2. The minimum Gasteiger partial charge on any atom is -0.493 e. The number of carbonyl (C=O) groups is 1. The number of amides is 1. The average molecular weight is 475 g/mol. The highest BCUT2D eigenvalue weighted by Gasteiger charge is 2.29. The fourth-order valence-corrected chi connectivity index (χ4v) is 3.51. The van der Waals surface area contributed by atoms with E-state index in [1.54, 1.807) is 30.3 Å². The largest absolute Gasteiger partial charge is 0.493 e. The minimum atomic E-state index is -4.45. The number of aryl methyl sites for hydroxylation is 1. The van der Waals surface area contributed by atoms with E-state index in [0.29, 0.717) is 17.5 Å². The molecule has 11 heteroatoms. The van der Waals surface area contributed by atoms with Gasteiger partial charge in [0.15, 0.2) is 18.1 Å². The quantitative estimate of drug-likeness (QED) is 0.522. The molecule has 0 fully saturated rings. The molecule has 1 amide bonds. The number of hydrogen-bond acceptors (Lipinski definition) is 5. The standard InChI is InChI=1S/C21H25F3N2O5S/c1-25-32(28,29)13-17-5-3-16(4-6-17)12-26-20(27)10-8-15-7-9-18(19(11-15)30-2)31-14-21(22,23)24/h3-7,9,11,25H,8,10,12-14H2,1-2H3,(H,26,27). The second-order valence-electron chi connectivity index (χ2n) is 6.95. The van der Waals surface area contributed by atoms with Crippen molar-refractivity contribution in [2.24, 2.45) is 0 Å². The fraction of sp³-hybridized carbons (Fsp3) is 0.381. The maximum atomic E-state index is 12.3. The number of benzene rings is 2. The van der Waals surface area contributed by atoms with E-state index in [1.807, 2.05) is 0 Å². The van der Waals surface area contributed by atoms with Crippen molar-refractivity contribution in [3.05, 3.63) is 59.2 Å². The lowest BCUT2D eigenvalue weighted by molar-refractivity contribution is -0.153. The summed E-state index contributed by atoms with van der Waals surface area (Å²) in [6, 6.07) is 11.4. The molecule has 2 rings (SSSR count). The molecule has 0 unspecified atom stereocenters. The summed E-state index contributed by atoms with van der Waals surface area (Å²) in [5.41, 5.74) is 2.16. The molecule has 2 N–H and O–H groups in total. The van der Waals surface area contributed by atoms with Crippen LogP contribution < -0.4 is 19.5 Å². The van der Waals surface area contributed by atoms with Crippen LogP contribution in [0.2, 0.25) is 0 Å². The van der Waals surface area contributed by atoms with E-state index in [-0.39, 0.29) is 36.1 Å². The molecular weight excluding hydrogens is 449 g/mol. The van der Waals surface area contributed by atoms with E-state index >= 15 is 0 Å². The number of carbonyl (C=O) groups excluding carboxylic acids is 1. The van der Waals surface area contributed by atoms with E-state index in [1.165, 1.54) is 26.3 Å². The number of nitrogens with one attached hydrogen (secondary N) is 2. The third-order valence-corrected chi connectivity index (χ3v) is 5.78. The molecule has 7 nitrogen and oxygen atoms in total. The van der Waals surface area contributed by atoms with Crippen LogP contribution in [0.1, 0.15) is 23.1 Å². The summed E-state index contributed by atoms with van der Waals surface area (Å²) in [5.74, 6) is -0.195. The van der Waals surface area contributed by atoms with Crippen LogP contribution in [0.5, 0.6) is 11.5 Å².